The maximum Gasteiger partial charge on any atom is 1.00 e. The van der Waals surface area contributed by atoms with E-state index in [0.29, 0.717) is 122 Å². The second-order valence-corrected chi connectivity index (χ2v) is 34.6. The van der Waals surface area contributed by atoms with E-state index in [1.54, 1.807) is 36.4 Å². The summed E-state index contributed by atoms with van der Waals surface area (Å²) in [4.78, 5) is 44.6. The van der Waals surface area contributed by atoms with Crippen LogP contribution in [0.25, 0.3) is 0 Å². The van der Waals surface area contributed by atoms with Crippen LogP contribution in [0, 0.1) is 59.2 Å². The van der Waals surface area contributed by atoms with Gasteiger partial charge in [0.15, 0.2) is 0 Å². The zero-order chi connectivity index (χ0) is 93.4. The standard InChI is InChI=1S/C25H32ClF3O3.C24H30ClF3O4.C21H26ClF3O4.C17H27ClO3.C8H6BrF3.Li.H2O/c1-3-13-32-24(30)12-7-5-4-6-11-21-22(18(2)14-23(21)26)17-31-16-19-9-8-10-20(15-19)25(27,28)29;1-2-12-32-23(30)11-6-4-3-5-10-19-20(22(29)14-21(19)25)16-31-15-17-8-7-9-18(13-17)24(26,27)28;22-18-11-19(26)17(16(18)8-3-1-2-4-9-20(27)28)13-29-12-14-6-5-7-15(10-14)21(23,24)25;1-3-10-21-17(20)9-7-5-4-6-8-14-15(12-19)13(2)11-16(14)18;9-5-6-2-1-3-7(4-6)8(10,11)12;;/h3-4,6,8-10,15,18,21-23H,1,5,7,11-14,16-17H2,2H3;2-3,5,7-9,13,19-22,29H,1,4,6,10-12,14-16H2;1,3,5-7,10,16-19,26H,2,4,8-9,11-13H2,(H,27,28);3-4,6,13-16,19H,1,5,7-12H2,2H3;1-4H,5H2;;1H2/q;;;;;+1;/p-1/b6-4-;5-3-;3-1-;6-4-;;;/t18-,21-,22+,23-;19-,20-,21-,22-;16-,17-,18-,19-;13-,14-,15+,16-;;;/m1111.../s1. The molecule has 4 fully saturated rings. The fraction of sp³-hybridized carbons (Fsp3) is 0.558. The predicted molar refractivity (Wildman–Crippen MR) is 473 cm³/mol. The number of hydrogen-bond acceptors (Lipinski definition) is 14. The van der Waals surface area contributed by atoms with Crippen LogP contribution in [-0.4, -0.2) is 130 Å². The minimum Gasteiger partial charge on any atom is -0.870 e. The Hall–Kier alpha value is -5.94. The number of carbonyl (C=O) groups is 4. The molecule has 0 aliphatic heterocycles. The minimum absolute atomic E-state index is 0. The largest absolute Gasteiger partial charge is 1.00 e. The number of ether oxygens (including phenoxy) is 6. The van der Waals surface area contributed by atoms with Gasteiger partial charge in [0.05, 0.1) is 74.1 Å². The molecule has 4 aliphatic rings. The number of carbonyl (C=O) groups excluding carboxylic acids is 3. The topological polar surface area (TPSA) is 235 Å². The minimum atomic E-state index is -4.40. The van der Waals surface area contributed by atoms with E-state index >= 15 is 0 Å². The summed E-state index contributed by atoms with van der Waals surface area (Å²) in [6.45, 7) is 16.9. The first-order valence-corrected chi connectivity index (χ1v) is 45.2. The van der Waals surface area contributed by atoms with E-state index in [0.717, 1.165) is 106 Å². The van der Waals surface area contributed by atoms with Gasteiger partial charge >= 0.3 is 67.4 Å². The van der Waals surface area contributed by atoms with E-state index in [2.05, 4.69) is 73.8 Å². The Morgan fingerprint density at radius 2 is 0.680 bits per heavy atom. The summed E-state index contributed by atoms with van der Waals surface area (Å²) in [6.07, 6.45) is 15.1. The van der Waals surface area contributed by atoms with Gasteiger partial charge in [0.1, 0.15) is 19.8 Å². The van der Waals surface area contributed by atoms with Crippen LogP contribution in [0.2, 0.25) is 0 Å². The van der Waals surface area contributed by atoms with Crippen LogP contribution in [0.15, 0.2) is 184 Å². The summed E-state index contributed by atoms with van der Waals surface area (Å²) < 4.78 is 184. The fourth-order valence-electron chi connectivity index (χ4n) is 15.3. The van der Waals surface area contributed by atoms with Crippen LogP contribution in [0.1, 0.15) is 187 Å². The Labute approximate surface area is 785 Å². The number of aliphatic hydroxyl groups excluding tert-OH is 3. The maximum absolute atomic E-state index is 12.9. The van der Waals surface area contributed by atoms with E-state index < -0.39 is 65.1 Å². The second-order valence-electron chi connectivity index (χ2n) is 31.8. The molecule has 0 unspecified atom stereocenters. The van der Waals surface area contributed by atoms with Gasteiger partial charge in [-0.05, 0) is 215 Å². The van der Waals surface area contributed by atoms with Gasteiger partial charge in [-0.3, -0.25) is 19.2 Å². The fourth-order valence-corrected chi connectivity index (χ4v) is 17.8. The molecule has 16 atom stereocenters. The van der Waals surface area contributed by atoms with Gasteiger partial charge in [-0.25, -0.2) is 0 Å². The van der Waals surface area contributed by atoms with Crippen molar-refractivity contribution in [3.8, 4) is 0 Å². The molecule has 0 spiro atoms. The monoisotopic (exact) mass is 1960 g/mol. The van der Waals surface area contributed by atoms with Gasteiger partial charge in [0.2, 0.25) is 0 Å². The predicted octanol–water partition coefficient (Wildman–Crippen LogP) is 21.8. The van der Waals surface area contributed by atoms with E-state index in [4.69, 9.17) is 79.9 Å². The van der Waals surface area contributed by atoms with Crippen molar-refractivity contribution in [3.05, 3.63) is 228 Å². The number of hydrogen-bond donors (Lipinski definition) is 4. The zero-order valence-corrected chi connectivity index (χ0v) is 77.2. The second kappa shape index (κ2) is 63.3. The van der Waals surface area contributed by atoms with Gasteiger partial charge in [-0.2, -0.15) is 52.7 Å². The Balaban J connectivity index is 0.000000555. The first kappa shape index (κ1) is 118. The molecule has 0 heterocycles. The maximum atomic E-state index is 12.9. The molecule has 15 nitrogen and oxygen atoms in total. The van der Waals surface area contributed by atoms with Gasteiger partial charge in [-0.15, -0.1) is 46.4 Å². The van der Waals surface area contributed by atoms with Crippen molar-refractivity contribution in [1.29, 1.82) is 0 Å². The number of benzene rings is 4. The molecule has 0 amide bonds. The van der Waals surface area contributed by atoms with Crippen LogP contribution in [0.3, 0.4) is 0 Å². The summed E-state index contributed by atoms with van der Waals surface area (Å²) in [6, 6.07) is 20.5. The van der Waals surface area contributed by atoms with Crippen LogP contribution < -0.4 is 18.9 Å². The van der Waals surface area contributed by atoms with E-state index in [1.165, 1.54) is 30.3 Å². The zero-order valence-electron chi connectivity index (χ0n) is 72.6. The van der Waals surface area contributed by atoms with E-state index in [-0.39, 0.29) is 165 Å². The number of allylic oxidation sites excluding steroid dienone is 8. The molecule has 712 valence electrons. The van der Waals surface area contributed by atoms with Gasteiger partial charge < -0.3 is 54.3 Å². The summed E-state index contributed by atoms with van der Waals surface area (Å²) in [7, 11) is 0. The number of carboxylic acids is 1. The molecular formula is C95H122BrCl4F12LiO15. The number of halogens is 17. The molecule has 0 bridgehead atoms. The smallest absolute Gasteiger partial charge is 0.870 e. The summed E-state index contributed by atoms with van der Waals surface area (Å²) in [5.41, 5.74) is -0.697. The molecule has 4 aromatic rings. The normalized spacial score (nSPS) is 23.3. The number of esters is 3. The molecule has 4 saturated carbocycles. The van der Waals surface area contributed by atoms with Crippen molar-refractivity contribution in [1.82, 2.24) is 0 Å². The van der Waals surface area contributed by atoms with Crippen molar-refractivity contribution in [2.75, 3.05) is 46.2 Å². The van der Waals surface area contributed by atoms with Gasteiger partial charge in [0, 0.05) is 71.0 Å². The van der Waals surface area contributed by atoms with Crippen LogP contribution in [-0.2, 0) is 97.5 Å². The Morgan fingerprint density at radius 3 is 0.969 bits per heavy atom. The molecule has 4 aliphatic carbocycles. The average Bonchev–Trinajstić information content (AvgIpc) is 1.47. The third kappa shape index (κ3) is 46.1. The van der Waals surface area contributed by atoms with Crippen LogP contribution in [0.4, 0.5) is 52.7 Å². The van der Waals surface area contributed by atoms with Gasteiger partial charge in [-0.1, -0.05) is 171 Å². The molecule has 5 N–H and O–H groups in total. The summed E-state index contributed by atoms with van der Waals surface area (Å²) in [5.74, 6) is 0.186. The number of rotatable bonds is 44. The molecule has 0 saturated heterocycles. The molecule has 128 heavy (non-hydrogen) atoms. The van der Waals surface area contributed by atoms with Crippen molar-refractivity contribution < 1.29 is 145 Å². The quantitative estimate of drug-likeness (QED) is 0.00613. The molecular weight excluding hydrogens is 1840 g/mol. The molecule has 33 heteroatoms. The average molecular weight is 1960 g/mol. The SMILES string of the molecule is C=CCOC(=O)CCC/C=C\C[C@@H]1[C@@H](CO)[C@H](C)C[C@H]1Cl.C=CCOC(=O)CCC/C=C\C[C@@H]1[C@@H](COCc2cccc(C(F)(F)F)c2)[C@H](C)C[C@H]1Cl.C=CCOC(=O)CCC/C=C\C[C@@H]1[C@@H](COCc2cccc(C(F)(F)F)c2)[C@H](O)C[C@H]1Cl.FC(F)(F)c1cccc(CBr)c1.O=C(O)CCC/C=C\C[C@@H]1[C@@H](COCc2cccc(C(F)(F)F)c2)[C@H](O)C[C@H]1Cl.[Li+].[OH-]. The van der Waals surface area contributed by atoms with E-state index in [1.807, 2.05) is 24.3 Å². The molecule has 8 rings (SSSR count). The van der Waals surface area contributed by atoms with Crippen molar-refractivity contribution in [2.24, 2.45) is 59.2 Å². The van der Waals surface area contributed by atoms with Crippen molar-refractivity contribution >= 4 is 86.2 Å². The molecule has 4 aromatic carbocycles. The summed E-state index contributed by atoms with van der Waals surface area (Å²) >= 11 is 28.8. The number of alkyl halides is 17. The number of aliphatic hydroxyl groups is 3. The van der Waals surface area contributed by atoms with Gasteiger partial charge in [0.25, 0.3) is 0 Å². The Bertz CT molecular complexity index is 3860. The van der Waals surface area contributed by atoms with E-state index in [9.17, 15) is 87.2 Å². The molecule has 0 aromatic heterocycles. The first-order chi connectivity index (χ1) is 59.8. The first-order valence-electron chi connectivity index (χ1n) is 42.3. The number of aliphatic carboxylic acids is 1. The third-order valence-corrected chi connectivity index (χ3v) is 24.8. The van der Waals surface area contributed by atoms with Crippen LogP contribution >= 0.6 is 62.3 Å². The number of carboxylic acid groups (broad SMARTS) is 1. The third-order valence-electron chi connectivity index (χ3n) is 22.2. The Morgan fingerprint density at radius 1 is 0.414 bits per heavy atom. The van der Waals surface area contributed by atoms with Crippen LogP contribution in [0.5, 0.6) is 0 Å². The Kier molecular flexibility index (Phi) is 58.4. The van der Waals surface area contributed by atoms with Crippen molar-refractivity contribution in [3.63, 3.8) is 0 Å². The van der Waals surface area contributed by atoms with Crippen molar-refractivity contribution in [2.45, 2.75) is 226 Å². The summed E-state index contributed by atoms with van der Waals surface area (Å²) in [5, 5.41) is 38.9. The number of unbranched alkanes of at least 4 members (excludes halogenated alkanes) is 4. The molecule has 0 radical (unpaired) electrons.